The van der Waals surface area contributed by atoms with Crippen molar-refractivity contribution in [1.29, 1.82) is 0 Å². The van der Waals surface area contributed by atoms with Crippen LogP contribution in [-0.4, -0.2) is 23.5 Å². The van der Waals surface area contributed by atoms with Gasteiger partial charge in [0.05, 0.1) is 19.4 Å². The molecule has 1 aromatic carbocycles. The van der Waals surface area contributed by atoms with Gasteiger partial charge in [0.15, 0.2) is 11.5 Å². The third kappa shape index (κ3) is 4.49. The van der Waals surface area contributed by atoms with Crippen LogP contribution >= 0.6 is 0 Å². The second-order valence-electron chi connectivity index (χ2n) is 5.74. The van der Waals surface area contributed by atoms with Gasteiger partial charge in [-0.2, -0.15) is 5.10 Å². The fourth-order valence-electron chi connectivity index (χ4n) is 2.11. The third-order valence-electron chi connectivity index (χ3n) is 3.36. The smallest absolute Gasteiger partial charge is 0.161 e. The van der Waals surface area contributed by atoms with Gasteiger partial charge < -0.3 is 14.8 Å². The van der Waals surface area contributed by atoms with Crippen molar-refractivity contribution in [1.82, 2.24) is 15.1 Å². The summed E-state index contributed by atoms with van der Waals surface area (Å²) >= 11 is 0. The molecule has 0 saturated carbocycles. The summed E-state index contributed by atoms with van der Waals surface area (Å²) in [5.41, 5.74) is 2.32. The summed E-state index contributed by atoms with van der Waals surface area (Å²) in [6.45, 7) is 6.50. The fourth-order valence-corrected chi connectivity index (χ4v) is 2.11. The van der Waals surface area contributed by atoms with E-state index in [4.69, 9.17) is 9.47 Å². The normalized spacial score (nSPS) is 11.0. The first-order valence-electron chi connectivity index (χ1n) is 7.57. The molecule has 0 bridgehead atoms. The van der Waals surface area contributed by atoms with Crippen molar-refractivity contribution in [3.63, 3.8) is 0 Å². The zero-order chi connectivity index (χ0) is 15.9. The predicted molar refractivity (Wildman–Crippen MR) is 87.1 cm³/mol. The van der Waals surface area contributed by atoms with Crippen LogP contribution < -0.4 is 14.8 Å². The maximum Gasteiger partial charge on any atom is 0.161 e. The fraction of sp³-hybridized carbons (Fsp3) is 0.471. The zero-order valence-corrected chi connectivity index (χ0v) is 13.8. The monoisotopic (exact) mass is 303 g/mol. The molecule has 1 N–H and O–H groups in total. The maximum absolute atomic E-state index is 5.77. The number of aryl methyl sites for hydroxylation is 1. The average Bonchev–Trinajstić information content (AvgIpc) is 2.91. The molecule has 0 radical (unpaired) electrons. The van der Waals surface area contributed by atoms with E-state index in [1.807, 2.05) is 29.9 Å². The van der Waals surface area contributed by atoms with Gasteiger partial charge in [-0.25, -0.2) is 0 Å². The maximum atomic E-state index is 5.77. The molecule has 1 aromatic heterocycles. The first-order chi connectivity index (χ1) is 10.6. The quantitative estimate of drug-likeness (QED) is 0.814. The van der Waals surface area contributed by atoms with Gasteiger partial charge in [-0.1, -0.05) is 19.9 Å². The predicted octanol–water partition coefficient (Wildman–Crippen LogP) is 2.75. The highest BCUT2D eigenvalue weighted by molar-refractivity contribution is 5.43. The van der Waals surface area contributed by atoms with Crippen molar-refractivity contribution < 1.29 is 9.47 Å². The zero-order valence-electron chi connectivity index (χ0n) is 13.8. The van der Waals surface area contributed by atoms with Gasteiger partial charge >= 0.3 is 0 Å². The lowest BCUT2D eigenvalue weighted by molar-refractivity contribution is 0.256. The highest BCUT2D eigenvalue weighted by Gasteiger charge is 2.07. The lowest BCUT2D eigenvalue weighted by Crippen LogP contribution is -2.15. The molecule has 5 heteroatoms. The topological polar surface area (TPSA) is 48.3 Å². The van der Waals surface area contributed by atoms with E-state index in [1.165, 1.54) is 0 Å². The summed E-state index contributed by atoms with van der Waals surface area (Å²) in [6, 6.07) is 8.07. The summed E-state index contributed by atoms with van der Waals surface area (Å²) in [5.74, 6) is 2.07. The van der Waals surface area contributed by atoms with E-state index < -0.39 is 0 Å². The van der Waals surface area contributed by atoms with Crippen LogP contribution in [0.1, 0.15) is 25.1 Å². The third-order valence-corrected chi connectivity index (χ3v) is 3.36. The van der Waals surface area contributed by atoms with Crippen molar-refractivity contribution in [2.24, 2.45) is 13.0 Å². The number of rotatable bonds is 8. The summed E-state index contributed by atoms with van der Waals surface area (Å²) in [4.78, 5) is 0. The second kappa shape index (κ2) is 7.84. The summed E-state index contributed by atoms with van der Waals surface area (Å²) in [7, 11) is 3.62. The minimum absolute atomic E-state index is 0.491. The van der Waals surface area contributed by atoms with Crippen LogP contribution in [0, 0.1) is 5.92 Å². The number of nitrogens with zero attached hydrogens (tertiary/aromatic N) is 2. The molecule has 0 unspecified atom stereocenters. The first-order valence-corrected chi connectivity index (χ1v) is 7.57. The molecule has 1 heterocycles. The summed E-state index contributed by atoms with van der Waals surface area (Å²) in [5, 5.41) is 7.56. The Balaban J connectivity index is 1.92. The summed E-state index contributed by atoms with van der Waals surface area (Å²) in [6.07, 6.45) is 1.81. The minimum Gasteiger partial charge on any atom is -0.493 e. The highest BCUT2D eigenvalue weighted by atomic mass is 16.5. The van der Waals surface area contributed by atoms with Crippen LogP contribution in [-0.2, 0) is 20.1 Å². The number of benzene rings is 1. The molecule has 0 saturated heterocycles. The van der Waals surface area contributed by atoms with Crippen molar-refractivity contribution in [2.75, 3.05) is 13.7 Å². The molecule has 0 amide bonds. The Bertz CT molecular complexity index is 593. The van der Waals surface area contributed by atoms with E-state index in [2.05, 4.69) is 30.3 Å². The van der Waals surface area contributed by atoms with Gasteiger partial charge in [-0.05, 0) is 29.7 Å². The van der Waals surface area contributed by atoms with Crippen LogP contribution in [0.5, 0.6) is 11.5 Å². The van der Waals surface area contributed by atoms with Crippen LogP contribution in [0.25, 0.3) is 0 Å². The van der Waals surface area contributed by atoms with Crippen molar-refractivity contribution in [2.45, 2.75) is 26.9 Å². The second-order valence-corrected chi connectivity index (χ2v) is 5.74. The Morgan fingerprint density at radius 2 is 2.00 bits per heavy atom. The Kier molecular flexibility index (Phi) is 5.83. The van der Waals surface area contributed by atoms with Gasteiger partial charge in [0.1, 0.15) is 0 Å². The molecule has 120 valence electrons. The van der Waals surface area contributed by atoms with Crippen LogP contribution in [0.15, 0.2) is 30.5 Å². The van der Waals surface area contributed by atoms with Crippen LogP contribution in [0.4, 0.5) is 0 Å². The van der Waals surface area contributed by atoms with Crippen LogP contribution in [0.2, 0.25) is 0 Å². The Morgan fingerprint density at radius 3 is 2.64 bits per heavy atom. The number of aromatic nitrogens is 2. The number of hydrogen-bond donors (Lipinski definition) is 1. The van der Waals surface area contributed by atoms with E-state index >= 15 is 0 Å². The first kappa shape index (κ1) is 16.4. The van der Waals surface area contributed by atoms with Crippen LogP contribution in [0.3, 0.4) is 0 Å². The molecule has 2 aromatic rings. The molecule has 22 heavy (non-hydrogen) atoms. The molecule has 0 aliphatic heterocycles. The van der Waals surface area contributed by atoms with Gasteiger partial charge in [-0.15, -0.1) is 0 Å². The Morgan fingerprint density at radius 1 is 1.18 bits per heavy atom. The Hall–Kier alpha value is -2.01. The van der Waals surface area contributed by atoms with Gasteiger partial charge in [0.25, 0.3) is 0 Å². The van der Waals surface area contributed by atoms with Gasteiger partial charge in [-0.3, -0.25) is 4.68 Å². The SMILES string of the molecule is COc1cc(CNCc2ccnn2C)ccc1OCC(C)C. The largest absolute Gasteiger partial charge is 0.493 e. The lowest BCUT2D eigenvalue weighted by atomic mass is 10.2. The van der Waals surface area contributed by atoms with Gasteiger partial charge in [0.2, 0.25) is 0 Å². The van der Waals surface area contributed by atoms with E-state index in [0.717, 1.165) is 35.8 Å². The van der Waals surface area contributed by atoms with Crippen molar-refractivity contribution in [3.8, 4) is 11.5 Å². The molecule has 0 atom stereocenters. The highest BCUT2D eigenvalue weighted by Crippen LogP contribution is 2.28. The number of hydrogen-bond acceptors (Lipinski definition) is 4. The van der Waals surface area contributed by atoms with Crippen molar-refractivity contribution in [3.05, 3.63) is 41.7 Å². The number of ether oxygens (including phenoxy) is 2. The molecular formula is C17H25N3O2. The molecule has 0 fully saturated rings. The standard InChI is InChI=1S/C17H25N3O2/c1-13(2)12-22-16-6-5-14(9-17(16)21-4)10-18-11-15-7-8-19-20(15)3/h5-9,13,18H,10-12H2,1-4H3. The minimum atomic E-state index is 0.491. The van der Waals surface area contributed by atoms with E-state index in [0.29, 0.717) is 12.5 Å². The number of nitrogens with one attached hydrogen (secondary N) is 1. The van der Waals surface area contributed by atoms with Gasteiger partial charge in [0, 0.05) is 26.3 Å². The molecule has 0 aliphatic carbocycles. The summed E-state index contributed by atoms with van der Waals surface area (Å²) < 4.78 is 13.1. The van der Waals surface area contributed by atoms with E-state index in [-0.39, 0.29) is 0 Å². The Labute approximate surface area is 132 Å². The van der Waals surface area contributed by atoms with E-state index in [1.54, 1.807) is 13.3 Å². The van der Waals surface area contributed by atoms with E-state index in [9.17, 15) is 0 Å². The molecule has 5 nitrogen and oxygen atoms in total. The number of methoxy groups -OCH3 is 1. The molecular weight excluding hydrogens is 278 g/mol. The lowest BCUT2D eigenvalue weighted by Gasteiger charge is -2.14. The molecule has 0 aliphatic rings. The molecule has 2 rings (SSSR count). The molecule has 0 spiro atoms. The average molecular weight is 303 g/mol. The van der Waals surface area contributed by atoms with Crippen molar-refractivity contribution >= 4 is 0 Å².